The van der Waals surface area contributed by atoms with Crippen LogP contribution in [0, 0.1) is 5.82 Å². The Balaban J connectivity index is 1.69. The van der Waals surface area contributed by atoms with Crippen LogP contribution >= 0.6 is 0 Å². The predicted octanol–water partition coefficient (Wildman–Crippen LogP) is 4.60. The number of H-pyrrole nitrogens is 1. The summed E-state index contributed by atoms with van der Waals surface area (Å²) in [6.45, 7) is 10.7. The van der Waals surface area contributed by atoms with Crippen LogP contribution < -0.4 is 4.90 Å². The third-order valence-electron chi connectivity index (χ3n) is 5.50. The first-order valence-electron chi connectivity index (χ1n) is 10.5. The molecule has 1 saturated heterocycles. The number of aromatic amines is 1. The van der Waals surface area contributed by atoms with E-state index in [0.29, 0.717) is 24.3 Å². The van der Waals surface area contributed by atoms with Gasteiger partial charge in [-0.1, -0.05) is 18.2 Å². The van der Waals surface area contributed by atoms with Crippen LogP contribution in [0.3, 0.4) is 0 Å². The van der Waals surface area contributed by atoms with E-state index < -0.39 is 5.60 Å². The first kappa shape index (κ1) is 21.1. The summed E-state index contributed by atoms with van der Waals surface area (Å²) in [4.78, 5) is 28.7. The number of amides is 1. The molecule has 0 bridgehead atoms. The number of piperazine rings is 1. The van der Waals surface area contributed by atoms with E-state index >= 15 is 0 Å². The maximum Gasteiger partial charge on any atom is 0.410 e. The van der Waals surface area contributed by atoms with Gasteiger partial charge in [-0.15, -0.1) is 0 Å². The van der Waals surface area contributed by atoms with Crippen molar-refractivity contribution in [1.29, 1.82) is 0 Å². The lowest BCUT2D eigenvalue weighted by atomic mass is 10.0. The minimum atomic E-state index is -0.546. The van der Waals surface area contributed by atoms with E-state index in [0.717, 1.165) is 16.8 Å². The van der Waals surface area contributed by atoms with Gasteiger partial charge in [0.2, 0.25) is 0 Å². The monoisotopic (exact) mass is 425 g/mol. The average Bonchev–Trinajstić information content (AvgIpc) is 3.12. The molecular weight excluding hydrogens is 397 g/mol. The maximum absolute atomic E-state index is 14.5. The fourth-order valence-electron chi connectivity index (χ4n) is 4.05. The summed E-state index contributed by atoms with van der Waals surface area (Å²) in [6.07, 6.45) is 2.97. The quantitative estimate of drug-likeness (QED) is 0.650. The topological polar surface area (TPSA) is 74.3 Å². The maximum atomic E-state index is 14.5. The van der Waals surface area contributed by atoms with Crippen LogP contribution in [-0.4, -0.2) is 56.7 Å². The Morgan fingerprint density at radius 2 is 1.87 bits per heavy atom. The van der Waals surface area contributed by atoms with E-state index in [1.165, 1.54) is 12.4 Å². The zero-order valence-electron chi connectivity index (χ0n) is 18.5. The molecule has 2 atom stereocenters. The molecule has 7 nitrogen and oxygen atoms in total. The Morgan fingerprint density at radius 1 is 1.13 bits per heavy atom. The predicted molar refractivity (Wildman–Crippen MR) is 118 cm³/mol. The summed E-state index contributed by atoms with van der Waals surface area (Å²) >= 11 is 0. The number of nitrogens with one attached hydrogen (secondary N) is 1. The number of benzene rings is 1. The molecule has 3 aromatic rings. The summed E-state index contributed by atoms with van der Waals surface area (Å²) in [6, 6.07) is 6.59. The summed E-state index contributed by atoms with van der Waals surface area (Å²) in [5, 5.41) is 0.775. The largest absolute Gasteiger partial charge is 0.444 e. The van der Waals surface area contributed by atoms with Gasteiger partial charge in [-0.05, 0) is 40.7 Å². The number of rotatable bonds is 2. The Labute approximate surface area is 181 Å². The fourth-order valence-corrected chi connectivity index (χ4v) is 4.05. The van der Waals surface area contributed by atoms with Gasteiger partial charge in [-0.3, -0.25) is 0 Å². The van der Waals surface area contributed by atoms with Crippen LogP contribution in [0.1, 0.15) is 34.6 Å². The summed E-state index contributed by atoms with van der Waals surface area (Å²) in [7, 11) is 0. The van der Waals surface area contributed by atoms with Crippen LogP contribution in [0.5, 0.6) is 0 Å². The molecule has 8 heteroatoms. The molecule has 1 amide bonds. The van der Waals surface area contributed by atoms with Gasteiger partial charge in [0.05, 0.1) is 5.39 Å². The molecule has 0 radical (unpaired) electrons. The number of hydrogen-bond donors (Lipinski definition) is 1. The smallest absolute Gasteiger partial charge is 0.410 e. The van der Waals surface area contributed by atoms with Crippen LogP contribution in [0.15, 0.2) is 36.8 Å². The molecule has 0 spiro atoms. The Hall–Kier alpha value is -3.16. The number of fused-ring (bicyclic) bond motifs is 1. The van der Waals surface area contributed by atoms with E-state index in [1.54, 1.807) is 23.2 Å². The first-order valence-corrected chi connectivity index (χ1v) is 10.5. The number of nitrogens with zero attached hydrogens (tertiary/aromatic N) is 4. The van der Waals surface area contributed by atoms with Crippen LogP contribution in [-0.2, 0) is 4.74 Å². The molecule has 0 saturated carbocycles. The van der Waals surface area contributed by atoms with Crippen molar-refractivity contribution in [1.82, 2.24) is 19.9 Å². The number of carbonyl (C=O) groups excluding carboxylic acids is 1. The molecule has 164 valence electrons. The number of halogens is 1. The molecular formula is C23H28FN5O2. The molecule has 1 N–H and O–H groups in total. The van der Waals surface area contributed by atoms with Gasteiger partial charge in [0, 0.05) is 42.5 Å². The summed E-state index contributed by atoms with van der Waals surface area (Å²) in [5.74, 6) is 0.432. The molecule has 1 aromatic carbocycles. The van der Waals surface area contributed by atoms with E-state index in [-0.39, 0.29) is 24.0 Å². The van der Waals surface area contributed by atoms with Crippen molar-refractivity contribution in [2.24, 2.45) is 0 Å². The third-order valence-corrected chi connectivity index (χ3v) is 5.50. The molecule has 1 unspecified atom stereocenters. The summed E-state index contributed by atoms with van der Waals surface area (Å²) in [5.41, 5.74) is 1.32. The molecule has 4 rings (SSSR count). The second kappa shape index (κ2) is 7.83. The Bertz CT molecular complexity index is 1110. The lowest BCUT2D eigenvalue weighted by Gasteiger charge is -2.44. The molecule has 1 aliphatic heterocycles. The van der Waals surface area contributed by atoms with Crippen LogP contribution in [0.2, 0.25) is 0 Å². The van der Waals surface area contributed by atoms with E-state index in [1.807, 2.05) is 40.7 Å². The zero-order chi connectivity index (χ0) is 22.3. The fraction of sp³-hybridized carbons (Fsp3) is 0.435. The minimum Gasteiger partial charge on any atom is -0.444 e. The highest BCUT2D eigenvalue weighted by molar-refractivity contribution is 6.01. The first-order chi connectivity index (χ1) is 14.7. The molecule has 31 heavy (non-hydrogen) atoms. The Kier molecular flexibility index (Phi) is 5.33. The van der Waals surface area contributed by atoms with Crippen molar-refractivity contribution in [2.45, 2.75) is 52.3 Å². The number of anilines is 1. The highest BCUT2D eigenvalue weighted by Gasteiger charge is 2.36. The van der Waals surface area contributed by atoms with Gasteiger partial charge in [0.15, 0.2) is 0 Å². The number of ether oxygens (including phenoxy) is 1. The van der Waals surface area contributed by atoms with Crippen molar-refractivity contribution >= 4 is 22.9 Å². The SMILES string of the molecule is CC1CN(C(=O)OC(C)(C)C)[C@@H](C)CN1c1ncnc2[nH]cc(-c3ccccc3F)c12. The molecule has 1 aliphatic rings. The van der Waals surface area contributed by atoms with Gasteiger partial charge in [-0.2, -0.15) is 0 Å². The van der Waals surface area contributed by atoms with Crippen molar-refractivity contribution in [3.63, 3.8) is 0 Å². The lowest BCUT2D eigenvalue weighted by Crippen LogP contribution is -2.59. The standard InChI is InChI=1S/C23H28FN5O2/c1-14-12-29(22(30)31-23(3,4)5)15(2)11-28(14)21-19-17(10-25-20(19)26-13-27-21)16-8-6-7-9-18(16)24/h6-10,13-15H,11-12H2,1-5H3,(H,25,26,27)/t14?,15-/m0/s1. The molecule has 1 fully saturated rings. The van der Waals surface area contributed by atoms with E-state index in [4.69, 9.17) is 4.74 Å². The lowest BCUT2D eigenvalue weighted by molar-refractivity contribution is 0.0130. The van der Waals surface area contributed by atoms with Crippen molar-refractivity contribution < 1.29 is 13.9 Å². The van der Waals surface area contributed by atoms with E-state index in [2.05, 4.69) is 19.9 Å². The number of aromatic nitrogens is 3. The average molecular weight is 426 g/mol. The van der Waals surface area contributed by atoms with Gasteiger partial charge in [-0.25, -0.2) is 19.2 Å². The minimum absolute atomic E-state index is 0.00908. The Morgan fingerprint density at radius 3 is 2.58 bits per heavy atom. The van der Waals surface area contributed by atoms with Gasteiger partial charge < -0.3 is 19.5 Å². The molecule has 3 heterocycles. The van der Waals surface area contributed by atoms with Crippen LogP contribution in [0.25, 0.3) is 22.2 Å². The normalized spacial score (nSPS) is 19.7. The second-order valence-corrected chi connectivity index (χ2v) is 9.09. The van der Waals surface area contributed by atoms with Gasteiger partial charge >= 0.3 is 6.09 Å². The van der Waals surface area contributed by atoms with Crippen molar-refractivity contribution in [3.8, 4) is 11.1 Å². The highest BCUT2D eigenvalue weighted by Crippen LogP contribution is 2.36. The summed E-state index contributed by atoms with van der Waals surface area (Å²) < 4.78 is 20.1. The van der Waals surface area contributed by atoms with Crippen molar-refractivity contribution in [3.05, 3.63) is 42.6 Å². The number of hydrogen-bond acceptors (Lipinski definition) is 5. The molecule has 0 aliphatic carbocycles. The van der Waals surface area contributed by atoms with Crippen molar-refractivity contribution in [2.75, 3.05) is 18.0 Å². The van der Waals surface area contributed by atoms with E-state index in [9.17, 15) is 9.18 Å². The zero-order valence-corrected chi connectivity index (χ0v) is 18.5. The van der Waals surface area contributed by atoms with Gasteiger partial charge in [0.25, 0.3) is 0 Å². The second-order valence-electron chi connectivity index (χ2n) is 9.09. The van der Waals surface area contributed by atoms with Gasteiger partial charge in [0.1, 0.15) is 29.2 Å². The molecule has 2 aromatic heterocycles. The van der Waals surface area contributed by atoms with Crippen LogP contribution in [0.4, 0.5) is 15.0 Å². The third kappa shape index (κ3) is 4.06. The number of carbonyl (C=O) groups is 1. The highest BCUT2D eigenvalue weighted by atomic mass is 19.1.